The lowest BCUT2D eigenvalue weighted by Gasteiger charge is -2.10. The zero-order valence-electron chi connectivity index (χ0n) is 13.1. The summed E-state index contributed by atoms with van der Waals surface area (Å²) in [5.74, 6) is 0.0594. The first-order valence-electron chi connectivity index (χ1n) is 8.24. The van der Waals surface area contributed by atoms with Crippen molar-refractivity contribution in [2.45, 2.75) is 69.5 Å². The van der Waals surface area contributed by atoms with Gasteiger partial charge in [-0.25, -0.2) is 0 Å². The molecule has 21 heavy (non-hydrogen) atoms. The van der Waals surface area contributed by atoms with E-state index in [4.69, 9.17) is 0 Å². The van der Waals surface area contributed by atoms with Crippen LogP contribution in [0.3, 0.4) is 0 Å². The molecule has 1 rings (SSSR count). The van der Waals surface area contributed by atoms with Crippen molar-refractivity contribution in [3.05, 3.63) is 30.3 Å². The van der Waals surface area contributed by atoms with Crippen LogP contribution in [0.5, 0.6) is 0 Å². The number of hydrogen-bond donors (Lipinski definition) is 1. The van der Waals surface area contributed by atoms with Crippen molar-refractivity contribution in [3.63, 3.8) is 0 Å². The molecule has 0 fully saturated rings. The first-order valence-corrected chi connectivity index (χ1v) is 9.15. The summed E-state index contributed by atoms with van der Waals surface area (Å²) in [5.41, 5.74) is 0.864. The molecule has 0 bridgehead atoms. The van der Waals surface area contributed by atoms with Crippen molar-refractivity contribution < 1.29 is 4.79 Å². The van der Waals surface area contributed by atoms with Gasteiger partial charge in [0.15, 0.2) is 0 Å². The van der Waals surface area contributed by atoms with Crippen molar-refractivity contribution in [1.29, 1.82) is 0 Å². The molecule has 0 aliphatic carbocycles. The predicted molar refractivity (Wildman–Crippen MR) is 95.0 cm³/mol. The topological polar surface area (TPSA) is 29.1 Å². The molecule has 1 unspecified atom stereocenters. The van der Waals surface area contributed by atoms with E-state index >= 15 is 0 Å². The second-order valence-corrected chi connectivity index (χ2v) is 6.69. The highest BCUT2D eigenvalue weighted by molar-refractivity contribution is 9.10. The van der Waals surface area contributed by atoms with Gasteiger partial charge in [0.2, 0.25) is 5.91 Å². The number of amides is 1. The number of para-hydroxylation sites is 1. The molecule has 0 spiro atoms. The fraction of sp³-hybridized carbons (Fsp3) is 0.611. The number of hydrogen-bond acceptors (Lipinski definition) is 1. The maximum Gasteiger partial charge on any atom is 0.238 e. The summed E-state index contributed by atoms with van der Waals surface area (Å²) < 4.78 is 0. The smallest absolute Gasteiger partial charge is 0.238 e. The summed E-state index contributed by atoms with van der Waals surface area (Å²) in [4.78, 5) is 11.9. The fourth-order valence-corrected chi connectivity index (χ4v) is 2.77. The number of benzene rings is 1. The third-order valence-corrected chi connectivity index (χ3v) is 4.51. The molecule has 118 valence electrons. The maximum atomic E-state index is 12.0. The number of unbranched alkanes of at least 4 members (excludes halogenated alkanes) is 7. The van der Waals surface area contributed by atoms with Crippen LogP contribution in [0.25, 0.3) is 0 Å². The first kappa shape index (κ1) is 18.2. The molecule has 0 aliphatic heterocycles. The zero-order valence-corrected chi connectivity index (χ0v) is 14.7. The summed E-state index contributed by atoms with van der Waals surface area (Å²) in [6.45, 7) is 2.25. The average molecular weight is 354 g/mol. The minimum absolute atomic E-state index is 0.0594. The first-order chi connectivity index (χ1) is 10.2. The summed E-state index contributed by atoms with van der Waals surface area (Å²) >= 11 is 3.49. The van der Waals surface area contributed by atoms with Crippen LogP contribution in [-0.4, -0.2) is 10.7 Å². The van der Waals surface area contributed by atoms with Gasteiger partial charge in [0.1, 0.15) is 0 Å². The van der Waals surface area contributed by atoms with Crippen molar-refractivity contribution in [1.82, 2.24) is 0 Å². The standard InChI is InChI=1S/C18H28BrNO/c1-2-3-4-5-6-7-8-12-15-17(19)18(21)20-16-13-10-9-11-14-16/h9-11,13-14,17H,2-8,12,15H2,1H3,(H,20,21). The van der Waals surface area contributed by atoms with Gasteiger partial charge in [0, 0.05) is 5.69 Å². The Morgan fingerprint density at radius 1 is 1.00 bits per heavy atom. The van der Waals surface area contributed by atoms with Crippen LogP contribution in [0.15, 0.2) is 30.3 Å². The molecule has 0 saturated heterocycles. The Morgan fingerprint density at radius 3 is 2.19 bits per heavy atom. The monoisotopic (exact) mass is 353 g/mol. The molecule has 1 atom stereocenters. The molecular formula is C18H28BrNO. The minimum Gasteiger partial charge on any atom is -0.325 e. The summed E-state index contributed by atoms with van der Waals surface area (Å²) in [7, 11) is 0. The van der Waals surface area contributed by atoms with Gasteiger partial charge in [0.25, 0.3) is 0 Å². The molecule has 1 N–H and O–H groups in total. The SMILES string of the molecule is CCCCCCCCCCC(Br)C(=O)Nc1ccccc1. The van der Waals surface area contributed by atoms with Gasteiger partial charge >= 0.3 is 0 Å². The zero-order chi connectivity index (χ0) is 15.3. The lowest BCUT2D eigenvalue weighted by Crippen LogP contribution is -2.22. The van der Waals surface area contributed by atoms with Crippen LogP contribution in [-0.2, 0) is 4.79 Å². The molecule has 0 saturated carbocycles. The molecule has 1 aromatic carbocycles. The Kier molecular flexibility index (Phi) is 10.2. The van der Waals surface area contributed by atoms with E-state index in [0.29, 0.717) is 0 Å². The van der Waals surface area contributed by atoms with E-state index in [-0.39, 0.29) is 10.7 Å². The Balaban J connectivity index is 2.05. The molecule has 0 radical (unpaired) electrons. The van der Waals surface area contributed by atoms with Crippen LogP contribution in [0.2, 0.25) is 0 Å². The minimum atomic E-state index is -0.0854. The van der Waals surface area contributed by atoms with Crippen LogP contribution in [0.4, 0.5) is 5.69 Å². The van der Waals surface area contributed by atoms with E-state index in [1.54, 1.807) is 0 Å². The molecule has 1 aromatic rings. The quantitative estimate of drug-likeness (QED) is 0.388. The Labute approximate surface area is 137 Å². The van der Waals surface area contributed by atoms with Crippen LogP contribution in [0.1, 0.15) is 64.7 Å². The molecular weight excluding hydrogens is 326 g/mol. The van der Waals surface area contributed by atoms with E-state index in [1.807, 2.05) is 30.3 Å². The highest BCUT2D eigenvalue weighted by Crippen LogP contribution is 2.16. The summed E-state index contributed by atoms with van der Waals surface area (Å²) in [6.07, 6.45) is 11.3. The van der Waals surface area contributed by atoms with E-state index in [2.05, 4.69) is 28.2 Å². The molecule has 1 amide bonds. The van der Waals surface area contributed by atoms with Crippen LogP contribution in [0, 0.1) is 0 Å². The number of rotatable bonds is 11. The van der Waals surface area contributed by atoms with Gasteiger partial charge in [-0.15, -0.1) is 0 Å². The third kappa shape index (κ3) is 8.92. The Hall–Kier alpha value is -0.830. The van der Waals surface area contributed by atoms with E-state index in [0.717, 1.165) is 18.5 Å². The second kappa shape index (κ2) is 11.8. The Morgan fingerprint density at radius 2 is 1.57 bits per heavy atom. The van der Waals surface area contributed by atoms with Gasteiger partial charge in [-0.1, -0.05) is 92.4 Å². The lowest BCUT2D eigenvalue weighted by atomic mass is 10.1. The van der Waals surface area contributed by atoms with Gasteiger partial charge in [-0.2, -0.15) is 0 Å². The van der Waals surface area contributed by atoms with Crippen molar-refractivity contribution >= 4 is 27.5 Å². The number of halogens is 1. The molecule has 3 heteroatoms. The van der Waals surface area contributed by atoms with Gasteiger partial charge in [-0.05, 0) is 18.6 Å². The van der Waals surface area contributed by atoms with E-state index < -0.39 is 0 Å². The normalized spacial score (nSPS) is 12.1. The number of carbonyl (C=O) groups is 1. The van der Waals surface area contributed by atoms with Gasteiger partial charge in [0.05, 0.1) is 4.83 Å². The fourth-order valence-electron chi connectivity index (χ4n) is 2.33. The Bertz CT molecular complexity index is 380. The van der Waals surface area contributed by atoms with Crippen molar-refractivity contribution in [3.8, 4) is 0 Å². The van der Waals surface area contributed by atoms with Gasteiger partial charge in [-0.3, -0.25) is 4.79 Å². The van der Waals surface area contributed by atoms with Crippen LogP contribution < -0.4 is 5.32 Å². The predicted octanol–water partition coefficient (Wildman–Crippen LogP) is 5.92. The van der Waals surface area contributed by atoms with Crippen molar-refractivity contribution in [2.24, 2.45) is 0 Å². The molecule has 2 nitrogen and oxygen atoms in total. The number of nitrogens with one attached hydrogen (secondary N) is 1. The largest absolute Gasteiger partial charge is 0.325 e. The molecule has 0 aromatic heterocycles. The lowest BCUT2D eigenvalue weighted by molar-refractivity contribution is -0.115. The van der Waals surface area contributed by atoms with Crippen molar-refractivity contribution in [2.75, 3.05) is 5.32 Å². The number of alkyl halides is 1. The molecule has 0 heterocycles. The molecule has 0 aliphatic rings. The highest BCUT2D eigenvalue weighted by Gasteiger charge is 2.14. The van der Waals surface area contributed by atoms with E-state index in [9.17, 15) is 4.79 Å². The summed E-state index contributed by atoms with van der Waals surface area (Å²) in [6, 6.07) is 9.62. The number of anilines is 1. The maximum absolute atomic E-state index is 12.0. The van der Waals surface area contributed by atoms with Crippen LogP contribution >= 0.6 is 15.9 Å². The average Bonchev–Trinajstić information content (AvgIpc) is 2.50. The van der Waals surface area contributed by atoms with E-state index in [1.165, 1.54) is 44.9 Å². The summed E-state index contributed by atoms with van der Waals surface area (Å²) in [5, 5.41) is 2.93. The number of carbonyl (C=O) groups excluding carboxylic acids is 1. The third-order valence-electron chi connectivity index (χ3n) is 3.64. The van der Waals surface area contributed by atoms with Gasteiger partial charge < -0.3 is 5.32 Å². The highest BCUT2D eigenvalue weighted by atomic mass is 79.9. The second-order valence-electron chi connectivity index (χ2n) is 5.59.